The van der Waals surface area contributed by atoms with Gasteiger partial charge in [-0.05, 0) is 47.2 Å². The van der Waals surface area contributed by atoms with Crippen LogP contribution in [-0.4, -0.2) is 15.0 Å². The molecule has 196 valence electrons. The van der Waals surface area contributed by atoms with Crippen LogP contribution in [0.3, 0.4) is 0 Å². The number of aromatic nitrogens is 3. The standard InChI is InChI=1S/C37H21N3O2/c1-2-9-22(10-3-1)35-38-36(25-17-18-27-26-13-6-7-16-31(26)41-32(27)21-25)40-37(39-35)29-15-8-14-28-30-19-23-11-4-5-12-24(23)20-33(30)42-34(28)29/h1-21H/i1D,2D,3D,9D,10D. The SMILES string of the molecule is [2H]c1c([2H])c([2H])c(-c2nc(-c3ccc4c(c3)oc3ccccc34)nc(-c3cccc4c3oc3cc5ccccc5cc34)n2)c([2H])c1[2H]. The topological polar surface area (TPSA) is 65.0 Å². The van der Waals surface area contributed by atoms with Crippen LogP contribution in [-0.2, 0) is 0 Å². The van der Waals surface area contributed by atoms with Crippen molar-refractivity contribution in [3.8, 4) is 34.2 Å². The molecule has 0 radical (unpaired) electrons. The van der Waals surface area contributed by atoms with E-state index in [9.17, 15) is 0 Å². The molecule has 0 aliphatic heterocycles. The van der Waals surface area contributed by atoms with E-state index in [2.05, 4.69) is 12.1 Å². The Balaban J connectivity index is 1.32. The fourth-order valence-corrected chi connectivity index (χ4v) is 5.62. The van der Waals surface area contributed by atoms with Gasteiger partial charge in [-0.25, -0.2) is 15.0 Å². The van der Waals surface area contributed by atoms with Gasteiger partial charge in [-0.1, -0.05) is 90.9 Å². The first-order chi connectivity index (χ1) is 22.9. The lowest BCUT2D eigenvalue weighted by molar-refractivity contribution is 0.668. The van der Waals surface area contributed by atoms with Crippen molar-refractivity contribution in [1.82, 2.24) is 15.0 Å². The van der Waals surface area contributed by atoms with Gasteiger partial charge < -0.3 is 8.83 Å². The Morgan fingerprint density at radius 3 is 2.05 bits per heavy atom. The van der Waals surface area contributed by atoms with Gasteiger partial charge in [0.05, 0.1) is 12.4 Å². The highest BCUT2D eigenvalue weighted by molar-refractivity contribution is 6.13. The summed E-state index contributed by atoms with van der Waals surface area (Å²) >= 11 is 0. The van der Waals surface area contributed by atoms with E-state index in [0.29, 0.717) is 27.9 Å². The molecule has 3 aromatic heterocycles. The first-order valence-electron chi connectivity index (χ1n) is 15.9. The van der Waals surface area contributed by atoms with Crippen molar-refractivity contribution in [2.45, 2.75) is 0 Å². The molecule has 0 aliphatic rings. The molecule has 0 N–H and O–H groups in total. The second-order valence-corrected chi connectivity index (χ2v) is 10.1. The zero-order chi connectivity index (χ0) is 32.0. The van der Waals surface area contributed by atoms with Crippen LogP contribution < -0.4 is 0 Å². The Morgan fingerprint density at radius 1 is 0.476 bits per heavy atom. The molecular weight excluding hydrogens is 518 g/mol. The van der Waals surface area contributed by atoms with Crippen molar-refractivity contribution in [2.75, 3.05) is 0 Å². The third-order valence-corrected chi connectivity index (χ3v) is 7.60. The second-order valence-electron chi connectivity index (χ2n) is 10.1. The average molecular weight is 545 g/mol. The first-order valence-corrected chi connectivity index (χ1v) is 13.4. The van der Waals surface area contributed by atoms with Gasteiger partial charge in [-0.15, -0.1) is 0 Å². The van der Waals surface area contributed by atoms with Crippen LogP contribution >= 0.6 is 0 Å². The molecule has 3 heterocycles. The van der Waals surface area contributed by atoms with E-state index >= 15 is 0 Å². The van der Waals surface area contributed by atoms with Gasteiger partial charge in [0.15, 0.2) is 17.5 Å². The van der Waals surface area contributed by atoms with E-state index in [0.717, 1.165) is 37.9 Å². The molecule has 5 heteroatoms. The van der Waals surface area contributed by atoms with Gasteiger partial charge >= 0.3 is 0 Å². The minimum Gasteiger partial charge on any atom is -0.456 e. The summed E-state index contributed by atoms with van der Waals surface area (Å²) in [5.41, 5.74) is 3.73. The molecule has 0 unspecified atom stereocenters. The summed E-state index contributed by atoms with van der Waals surface area (Å²) in [7, 11) is 0. The fraction of sp³-hybridized carbons (Fsp3) is 0. The lowest BCUT2D eigenvalue weighted by Crippen LogP contribution is -2.00. The number of hydrogen-bond acceptors (Lipinski definition) is 5. The van der Waals surface area contributed by atoms with Crippen molar-refractivity contribution >= 4 is 54.6 Å². The molecule has 0 saturated heterocycles. The highest BCUT2D eigenvalue weighted by atomic mass is 16.3. The number of furan rings is 2. The molecule has 0 bridgehead atoms. The number of benzene rings is 6. The molecule has 0 saturated carbocycles. The summed E-state index contributed by atoms with van der Waals surface area (Å²) in [6.07, 6.45) is 0. The quantitative estimate of drug-likeness (QED) is 0.221. The van der Waals surface area contributed by atoms with Gasteiger partial charge in [0.2, 0.25) is 0 Å². The van der Waals surface area contributed by atoms with Crippen LogP contribution in [0.4, 0.5) is 0 Å². The molecule has 5 nitrogen and oxygen atoms in total. The van der Waals surface area contributed by atoms with Crippen LogP contribution in [0.15, 0.2) is 136 Å². The molecule has 0 fully saturated rings. The van der Waals surface area contributed by atoms with Crippen LogP contribution in [0, 0.1) is 0 Å². The van der Waals surface area contributed by atoms with Crippen molar-refractivity contribution in [2.24, 2.45) is 0 Å². The molecule has 0 atom stereocenters. The molecule has 0 amide bonds. The molecule has 9 aromatic rings. The summed E-state index contributed by atoms with van der Waals surface area (Å²) in [6.45, 7) is 0. The molecule has 6 aromatic carbocycles. The zero-order valence-corrected chi connectivity index (χ0v) is 21.9. The van der Waals surface area contributed by atoms with Crippen molar-refractivity contribution in [3.63, 3.8) is 0 Å². The minimum absolute atomic E-state index is 0.0504. The van der Waals surface area contributed by atoms with E-state index < -0.39 is 30.2 Å². The van der Waals surface area contributed by atoms with Gasteiger partial charge in [-0.3, -0.25) is 0 Å². The summed E-state index contributed by atoms with van der Waals surface area (Å²) in [6, 6.07) is 29.1. The smallest absolute Gasteiger partial charge is 0.167 e. The third kappa shape index (κ3) is 3.54. The Hall–Kier alpha value is -5.81. The number of fused-ring (bicyclic) bond motifs is 7. The zero-order valence-electron chi connectivity index (χ0n) is 26.9. The van der Waals surface area contributed by atoms with E-state index in [4.69, 9.17) is 30.6 Å². The summed E-state index contributed by atoms with van der Waals surface area (Å²) in [4.78, 5) is 14.3. The molecular formula is C37H21N3O2. The van der Waals surface area contributed by atoms with Gasteiger partial charge in [-0.2, -0.15) is 0 Å². The highest BCUT2D eigenvalue weighted by Gasteiger charge is 2.18. The second kappa shape index (κ2) is 8.85. The normalized spacial score (nSPS) is 13.5. The van der Waals surface area contributed by atoms with E-state index in [1.807, 2.05) is 84.9 Å². The summed E-state index contributed by atoms with van der Waals surface area (Å²) in [5.74, 6) is 0.430. The molecule has 42 heavy (non-hydrogen) atoms. The van der Waals surface area contributed by atoms with Crippen molar-refractivity contribution < 1.29 is 15.7 Å². The maximum absolute atomic E-state index is 8.66. The molecule has 0 spiro atoms. The maximum Gasteiger partial charge on any atom is 0.167 e. The fourth-order valence-electron chi connectivity index (χ4n) is 5.62. The lowest BCUT2D eigenvalue weighted by Gasteiger charge is -2.08. The van der Waals surface area contributed by atoms with Crippen LogP contribution in [0.1, 0.15) is 6.85 Å². The maximum atomic E-state index is 8.66. The van der Waals surface area contributed by atoms with Gasteiger partial charge in [0.1, 0.15) is 22.3 Å². The predicted molar refractivity (Wildman–Crippen MR) is 168 cm³/mol. The van der Waals surface area contributed by atoms with E-state index in [-0.39, 0.29) is 23.0 Å². The third-order valence-electron chi connectivity index (χ3n) is 7.60. The Kier molecular flexibility index (Phi) is 3.90. The van der Waals surface area contributed by atoms with Crippen LogP contribution in [0.5, 0.6) is 0 Å². The van der Waals surface area contributed by atoms with Crippen LogP contribution in [0.25, 0.3) is 88.8 Å². The van der Waals surface area contributed by atoms with Gasteiger partial charge in [0.25, 0.3) is 0 Å². The number of nitrogens with zero attached hydrogens (tertiary/aromatic N) is 3. The summed E-state index contributed by atoms with van der Waals surface area (Å²) in [5, 5.41) is 5.86. The average Bonchev–Trinajstić information content (AvgIpc) is 3.66. The van der Waals surface area contributed by atoms with Crippen molar-refractivity contribution in [1.29, 1.82) is 0 Å². The number of para-hydroxylation sites is 2. The number of hydrogen-bond donors (Lipinski definition) is 0. The Morgan fingerprint density at radius 2 is 1.17 bits per heavy atom. The largest absolute Gasteiger partial charge is 0.456 e. The highest BCUT2D eigenvalue weighted by Crippen LogP contribution is 2.38. The Bertz CT molecular complexity index is 2740. The van der Waals surface area contributed by atoms with E-state index in [1.54, 1.807) is 0 Å². The predicted octanol–water partition coefficient (Wildman–Crippen LogP) is 9.82. The molecule has 0 aliphatic carbocycles. The van der Waals surface area contributed by atoms with Gasteiger partial charge in [0, 0.05) is 32.7 Å². The monoisotopic (exact) mass is 544 g/mol. The number of rotatable bonds is 3. The molecule has 9 rings (SSSR count). The Labute approximate surface area is 246 Å². The minimum atomic E-state index is -0.493. The summed E-state index contributed by atoms with van der Waals surface area (Å²) < 4.78 is 54.6. The van der Waals surface area contributed by atoms with Crippen LogP contribution in [0.2, 0.25) is 0 Å². The first kappa shape index (κ1) is 18.5. The van der Waals surface area contributed by atoms with E-state index in [1.165, 1.54) is 0 Å². The lowest BCUT2D eigenvalue weighted by atomic mass is 10.0. The van der Waals surface area contributed by atoms with Crippen molar-refractivity contribution in [3.05, 3.63) is 127 Å².